The normalized spacial score (nSPS) is 14.6. The second-order valence-electron chi connectivity index (χ2n) is 7.93. The highest BCUT2D eigenvalue weighted by Gasteiger charge is 2.36. The Kier molecular flexibility index (Phi) is 7.37. The van der Waals surface area contributed by atoms with Crippen molar-refractivity contribution < 1.29 is 27.6 Å². The second-order valence-corrected chi connectivity index (χ2v) is 7.93. The SMILES string of the molecule is Cc1ccc(NC(=O)NC(=O)CN2CCN(C(=O)c3ccccc3C(F)(F)F)CC2)c(C)c1. The molecule has 1 fully saturated rings. The largest absolute Gasteiger partial charge is 0.417 e. The lowest BCUT2D eigenvalue weighted by Crippen LogP contribution is -2.52. The smallest absolute Gasteiger partial charge is 0.336 e. The highest BCUT2D eigenvalue weighted by atomic mass is 19.4. The Balaban J connectivity index is 1.50. The fourth-order valence-corrected chi connectivity index (χ4v) is 3.67. The van der Waals surface area contributed by atoms with Gasteiger partial charge in [0, 0.05) is 31.9 Å². The number of amides is 4. The van der Waals surface area contributed by atoms with Gasteiger partial charge in [0.05, 0.1) is 17.7 Å². The van der Waals surface area contributed by atoms with Gasteiger partial charge < -0.3 is 10.2 Å². The lowest BCUT2D eigenvalue weighted by Gasteiger charge is -2.34. The van der Waals surface area contributed by atoms with Gasteiger partial charge >= 0.3 is 12.2 Å². The summed E-state index contributed by atoms with van der Waals surface area (Å²) in [6.45, 7) is 4.65. The van der Waals surface area contributed by atoms with Crippen LogP contribution < -0.4 is 10.6 Å². The number of hydrogen-bond acceptors (Lipinski definition) is 4. The summed E-state index contributed by atoms with van der Waals surface area (Å²) in [7, 11) is 0. The molecule has 0 bridgehead atoms. The number of alkyl halides is 3. The summed E-state index contributed by atoms with van der Waals surface area (Å²) in [6.07, 6.45) is -4.62. The molecule has 0 spiro atoms. The van der Waals surface area contributed by atoms with Gasteiger partial charge in [0.2, 0.25) is 5.91 Å². The molecule has 3 rings (SSSR count). The molecular formula is C23H25F3N4O3. The molecule has 176 valence electrons. The standard InChI is InChI=1S/C23H25F3N4O3/c1-15-7-8-19(16(2)13-15)27-22(33)28-20(31)14-29-9-11-30(12-10-29)21(32)17-5-3-4-6-18(17)23(24,25)26/h3-8,13H,9-12,14H2,1-2H3,(H2,27,28,31,33). The number of nitrogens with one attached hydrogen (secondary N) is 2. The molecule has 1 aliphatic heterocycles. The molecule has 0 atom stereocenters. The molecule has 1 saturated heterocycles. The Morgan fingerprint density at radius 2 is 1.64 bits per heavy atom. The van der Waals surface area contributed by atoms with Crippen LogP contribution in [0.4, 0.5) is 23.7 Å². The number of hydrogen-bond donors (Lipinski definition) is 2. The van der Waals surface area contributed by atoms with Gasteiger partial charge in [-0.1, -0.05) is 29.8 Å². The van der Waals surface area contributed by atoms with Gasteiger partial charge in [-0.2, -0.15) is 13.2 Å². The Morgan fingerprint density at radius 1 is 0.970 bits per heavy atom. The molecule has 7 nitrogen and oxygen atoms in total. The van der Waals surface area contributed by atoms with Crippen molar-refractivity contribution in [1.82, 2.24) is 15.1 Å². The Morgan fingerprint density at radius 3 is 2.27 bits per heavy atom. The Bertz CT molecular complexity index is 1050. The number of rotatable bonds is 4. The van der Waals surface area contributed by atoms with Crippen LogP contribution in [0, 0.1) is 13.8 Å². The molecule has 4 amide bonds. The molecule has 2 N–H and O–H groups in total. The predicted molar refractivity (Wildman–Crippen MR) is 117 cm³/mol. The zero-order valence-corrected chi connectivity index (χ0v) is 18.3. The second kappa shape index (κ2) is 10.0. The van der Waals surface area contributed by atoms with E-state index < -0.39 is 29.6 Å². The Labute approximate surface area is 189 Å². The summed E-state index contributed by atoms with van der Waals surface area (Å²) in [4.78, 5) is 40.0. The molecule has 33 heavy (non-hydrogen) atoms. The van der Waals surface area contributed by atoms with Crippen molar-refractivity contribution in [2.24, 2.45) is 0 Å². The van der Waals surface area contributed by atoms with Crippen molar-refractivity contribution in [3.8, 4) is 0 Å². The molecule has 0 unspecified atom stereocenters. The monoisotopic (exact) mass is 462 g/mol. The number of piperazine rings is 1. The number of halogens is 3. The van der Waals surface area contributed by atoms with Crippen molar-refractivity contribution in [3.05, 3.63) is 64.7 Å². The van der Waals surface area contributed by atoms with Crippen LogP contribution in [-0.2, 0) is 11.0 Å². The van der Waals surface area contributed by atoms with Crippen LogP contribution in [0.25, 0.3) is 0 Å². The van der Waals surface area contributed by atoms with E-state index in [0.717, 1.165) is 17.2 Å². The minimum Gasteiger partial charge on any atom is -0.336 e. The van der Waals surface area contributed by atoms with Crippen LogP contribution in [0.5, 0.6) is 0 Å². The lowest BCUT2D eigenvalue weighted by atomic mass is 10.1. The van der Waals surface area contributed by atoms with E-state index in [1.807, 2.05) is 26.0 Å². The molecule has 1 aliphatic rings. The van der Waals surface area contributed by atoms with Crippen molar-refractivity contribution in [2.45, 2.75) is 20.0 Å². The first-order chi connectivity index (χ1) is 15.5. The fraction of sp³-hybridized carbons (Fsp3) is 0.348. The lowest BCUT2D eigenvalue weighted by molar-refractivity contribution is -0.138. The molecule has 0 saturated carbocycles. The number of carbonyl (C=O) groups excluding carboxylic acids is 3. The zero-order chi connectivity index (χ0) is 24.2. The van der Waals surface area contributed by atoms with E-state index in [4.69, 9.17) is 0 Å². The molecule has 2 aromatic carbocycles. The van der Waals surface area contributed by atoms with Crippen LogP contribution in [0.15, 0.2) is 42.5 Å². The fourth-order valence-electron chi connectivity index (χ4n) is 3.67. The summed E-state index contributed by atoms with van der Waals surface area (Å²) in [5.41, 5.74) is 1.16. The molecule has 10 heteroatoms. The quantitative estimate of drug-likeness (QED) is 0.730. The van der Waals surface area contributed by atoms with Gasteiger partial charge in [0.1, 0.15) is 0 Å². The summed E-state index contributed by atoms with van der Waals surface area (Å²) >= 11 is 0. The van der Waals surface area contributed by atoms with Crippen molar-refractivity contribution in [3.63, 3.8) is 0 Å². The number of carbonyl (C=O) groups is 3. The highest BCUT2D eigenvalue weighted by molar-refractivity contribution is 6.02. The zero-order valence-electron chi connectivity index (χ0n) is 18.3. The Hall–Kier alpha value is -3.40. The topological polar surface area (TPSA) is 81.8 Å². The van der Waals surface area contributed by atoms with E-state index in [1.54, 1.807) is 11.0 Å². The van der Waals surface area contributed by atoms with Crippen LogP contribution >= 0.6 is 0 Å². The summed E-state index contributed by atoms with van der Waals surface area (Å²) in [5, 5.41) is 4.89. The van der Waals surface area contributed by atoms with Crippen LogP contribution in [0.1, 0.15) is 27.0 Å². The van der Waals surface area contributed by atoms with Crippen LogP contribution in [0.2, 0.25) is 0 Å². The van der Waals surface area contributed by atoms with E-state index in [0.29, 0.717) is 18.8 Å². The van der Waals surface area contributed by atoms with E-state index >= 15 is 0 Å². The molecule has 0 aliphatic carbocycles. The highest BCUT2D eigenvalue weighted by Crippen LogP contribution is 2.32. The number of nitrogens with zero attached hydrogens (tertiary/aromatic N) is 2. The van der Waals surface area contributed by atoms with Gasteiger partial charge in [-0.25, -0.2) is 4.79 Å². The van der Waals surface area contributed by atoms with Crippen molar-refractivity contribution >= 4 is 23.5 Å². The van der Waals surface area contributed by atoms with Crippen molar-refractivity contribution in [1.29, 1.82) is 0 Å². The number of imide groups is 1. The predicted octanol–water partition coefficient (Wildman–Crippen LogP) is 3.43. The summed E-state index contributed by atoms with van der Waals surface area (Å²) in [6, 6.07) is 9.55. The van der Waals surface area contributed by atoms with E-state index in [2.05, 4.69) is 10.6 Å². The molecule has 0 radical (unpaired) electrons. The van der Waals surface area contributed by atoms with Gasteiger partial charge in [-0.3, -0.25) is 19.8 Å². The number of benzene rings is 2. The van der Waals surface area contributed by atoms with Crippen LogP contribution in [0.3, 0.4) is 0 Å². The average molecular weight is 462 g/mol. The van der Waals surface area contributed by atoms with Crippen LogP contribution in [-0.4, -0.2) is 60.4 Å². The third-order valence-corrected chi connectivity index (χ3v) is 5.37. The van der Waals surface area contributed by atoms with Gasteiger partial charge in [0.15, 0.2) is 0 Å². The first kappa shape index (κ1) is 24.2. The summed E-state index contributed by atoms with van der Waals surface area (Å²) in [5.74, 6) is -1.21. The molecule has 0 aromatic heterocycles. The van der Waals surface area contributed by atoms with E-state index in [-0.39, 0.29) is 25.2 Å². The minimum absolute atomic E-state index is 0.0680. The molecule has 1 heterocycles. The maximum absolute atomic E-state index is 13.2. The average Bonchev–Trinajstić information content (AvgIpc) is 2.75. The van der Waals surface area contributed by atoms with Gasteiger partial charge in [0.25, 0.3) is 5.91 Å². The minimum atomic E-state index is -4.62. The van der Waals surface area contributed by atoms with E-state index in [1.165, 1.54) is 23.1 Å². The first-order valence-corrected chi connectivity index (χ1v) is 10.4. The first-order valence-electron chi connectivity index (χ1n) is 10.4. The number of urea groups is 1. The molecule has 2 aromatic rings. The number of aryl methyl sites for hydroxylation is 2. The third kappa shape index (κ3) is 6.32. The molecular weight excluding hydrogens is 437 g/mol. The number of anilines is 1. The summed E-state index contributed by atoms with van der Waals surface area (Å²) < 4.78 is 39.6. The van der Waals surface area contributed by atoms with Gasteiger partial charge in [-0.05, 0) is 37.6 Å². The van der Waals surface area contributed by atoms with Gasteiger partial charge in [-0.15, -0.1) is 0 Å². The maximum atomic E-state index is 13.2. The maximum Gasteiger partial charge on any atom is 0.417 e. The van der Waals surface area contributed by atoms with Crippen molar-refractivity contribution in [2.75, 3.05) is 38.0 Å². The van der Waals surface area contributed by atoms with E-state index in [9.17, 15) is 27.6 Å². The third-order valence-electron chi connectivity index (χ3n) is 5.37.